The average molecular weight is 453 g/mol. The van der Waals surface area contributed by atoms with Crippen LogP contribution in [0.15, 0.2) is 48.8 Å². The molecule has 3 heterocycles. The van der Waals surface area contributed by atoms with Crippen LogP contribution >= 0.6 is 0 Å². The number of pyridine rings is 1. The van der Waals surface area contributed by atoms with E-state index in [2.05, 4.69) is 23.7 Å². The first-order valence-electron chi connectivity index (χ1n) is 11.3. The topological polar surface area (TPSA) is 73.8 Å². The molecule has 2 aromatic rings. The minimum absolute atomic E-state index is 0.0732. The zero-order chi connectivity index (χ0) is 23.6. The summed E-state index contributed by atoms with van der Waals surface area (Å²) in [5.74, 6) is -1.52. The van der Waals surface area contributed by atoms with Gasteiger partial charge >= 0.3 is 0 Å². The highest BCUT2D eigenvalue weighted by molar-refractivity contribution is 6.10. The smallest absolute Gasteiger partial charge is 0.241 e. The summed E-state index contributed by atoms with van der Waals surface area (Å²) in [6.45, 7) is 6.97. The number of rotatable bonds is 6. The summed E-state index contributed by atoms with van der Waals surface area (Å²) in [7, 11) is 0. The Morgan fingerprint density at radius 2 is 1.88 bits per heavy atom. The molecule has 8 heteroatoms. The molecule has 7 nitrogen and oxygen atoms in total. The van der Waals surface area contributed by atoms with Gasteiger partial charge in [0.05, 0.1) is 12.0 Å². The number of aromatic nitrogens is 1. The summed E-state index contributed by atoms with van der Waals surface area (Å²) in [6.07, 6.45) is 2.90. The van der Waals surface area contributed by atoms with Crippen molar-refractivity contribution in [2.45, 2.75) is 44.7 Å². The van der Waals surface area contributed by atoms with Crippen molar-refractivity contribution in [1.82, 2.24) is 19.7 Å². The molecule has 3 amide bonds. The van der Waals surface area contributed by atoms with Gasteiger partial charge in [0.1, 0.15) is 5.82 Å². The van der Waals surface area contributed by atoms with Gasteiger partial charge in [-0.2, -0.15) is 0 Å². The summed E-state index contributed by atoms with van der Waals surface area (Å²) in [5, 5.41) is 0. The van der Waals surface area contributed by atoms with Crippen LogP contribution in [0.25, 0.3) is 0 Å². The standard InChI is InChI=1S/C25H29FN4O3/c1-18(2)28-9-11-29(12-10-28)22(31)14-25(20-6-3-7-21(26)13-20)15-23(32)30(24(25)33)17-19-5-4-8-27-16-19/h3-8,13,16,18H,9-12,14-15,17H2,1-2H3/t25-/m1/s1. The van der Waals surface area contributed by atoms with Crippen molar-refractivity contribution in [3.63, 3.8) is 0 Å². The van der Waals surface area contributed by atoms with E-state index in [0.717, 1.165) is 13.1 Å². The Labute approximate surface area is 193 Å². The quantitative estimate of drug-likeness (QED) is 0.629. The first-order chi connectivity index (χ1) is 15.8. The summed E-state index contributed by atoms with van der Waals surface area (Å²) in [5.41, 5.74) is -0.331. The third kappa shape index (κ3) is 4.66. The molecule has 1 aromatic carbocycles. The Morgan fingerprint density at radius 3 is 2.52 bits per heavy atom. The number of benzene rings is 1. The Bertz CT molecular complexity index is 1040. The van der Waals surface area contributed by atoms with Gasteiger partial charge in [-0.15, -0.1) is 0 Å². The van der Waals surface area contributed by atoms with Crippen LogP contribution in [0, 0.1) is 5.82 Å². The zero-order valence-electron chi connectivity index (χ0n) is 19.0. The largest absolute Gasteiger partial charge is 0.340 e. The van der Waals surface area contributed by atoms with Crippen molar-refractivity contribution in [3.05, 3.63) is 65.7 Å². The van der Waals surface area contributed by atoms with Gasteiger partial charge in [0.2, 0.25) is 17.7 Å². The first kappa shape index (κ1) is 23.0. The second-order valence-electron chi connectivity index (χ2n) is 9.10. The van der Waals surface area contributed by atoms with Crippen molar-refractivity contribution < 1.29 is 18.8 Å². The maximum Gasteiger partial charge on any atom is 0.241 e. The van der Waals surface area contributed by atoms with Crippen LogP contribution in [0.2, 0.25) is 0 Å². The van der Waals surface area contributed by atoms with Gasteiger partial charge in [-0.05, 0) is 43.2 Å². The average Bonchev–Trinajstić information content (AvgIpc) is 3.04. The molecule has 1 atom stereocenters. The lowest BCUT2D eigenvalue weighted by Crippen LogP contribution is -2.52. The lowest BCUT2D eigenvalue weighted by molar-refractivity contribution is -0.143. The van der Waals surface area contributed by atoms with E-state index >= 15 is 0 Å². The van der Waals surface area contributed by atoms with Gasteiger partial charge in [0, 0.05) is 57.5 Å². The molecule has 0 N–H and O–H groups in total. The fraction of sp³-hybridized carbons (Fsp3) is 0.440. The highest BCUT2D eigenvalue weighted by Gasteiger charge is 2.54. The van der Waals surface area contributed by atoms with Crippen molar-refractivity contribution in [2.75, 3.05) is 26.2 Å². The SMILES string of the molecule is CC(C)N1CCN(C(=O)C[C@]2(c3cccc(F)c3)CC(=O)N(Cc3cccnc3)C2=O)CC1. The number of hydrogen-bond acceptors (Lipinski definition) is 5. The molecule has 0 aliphatic carbocycles. The molecule has 2 saturated heterocycles. The van der Waals surface area contributed by atoms with E-state index in [1.54, 1.807) is 35.5 Å². The molecular formula is C25H29FN4O3. The summed E-state index contributed by atoms with van der Waals surface area (Å²) in [6, 6.07) is 9.62. The highest BCUT2D eigenvalue weighted by Crippen LogP contribution is 2.41. The minimum Gasteiger partial charge on any atom is -0.340 e. The number of carbonyl (C=O) groups excluding carboxylic acids is 3. The minimum atomic E-state index is -1.41. The number of halogens is 1. The summed E-state index contributed by atoms with van der Waals surface area (Å²) >= 11 is 0. The molecule has 4 rings (SSSR count). The van der Waals surface area contributed by atoms with Gasteiger partial charge in [-0.1, -0.05) is 18.2 Å². The van der Waals surface area contributed by atoms with E-state index < -0.39 is 17.1 Å². The lowest BCUT2D eigenvalue weighted by atomic mass is 9.75. The number of carbonyl (C=O) groups is 3. The van der Waals surface area contributed by atoms with E-state index in [0.29, 0.717) is 30.3 Å². The van der Waals surface area contributed by atoms with Crippen LogP contribution in [0.1, 0.15) is 37.8 Å². The number of hydrogen-bond donors (Lipinski definition) is 0. The molecule has 2 aliphatic rings. The maximum atomic E-state index is 14.2. The molecule has 1 aromatic heterocycles. The fourth-order valence-corrected chi connectivity index (χ4v) is 4.74. The third-order valence-electron chi connectivity index (χ3n) is 6.70. The summed E-state index contributed by atoms with van der Waals surface area (Å²) in [4.78, 5) is 49.3. The van der Waals surface area contributed by atoms with Gasteiger partial charge < -0.3 is 4.90 Å². The maximum absolute atomic E-state index is 14.2. The molecule has 2 fully saturated rings. The van der Waals surface area contributed by atoms with Gasteiger partial charge in [0.25, 0.3) is 0 Å². The number of piperazine rings is 1. The van der Waals surface area contributed by atoms with Crippen molar-refractivity contribution >= 4 is 17.7 Å². The number of likely N-dealkylation sites (tertiary alicyclic amines) is 1. The highest BCUT2D eigenvalue weighted by atomic mass is 19.1. The molecule has 0 bridgehead atoms. The monoisotopic (exact) mass is 452 g/mol. The summed E-state index contributed by atoms with van der Waals surface area (Å²) < 4.78 is 14.2. The van der Waals surface area contributed by atoms with E-state index in [1.807, 2.05) is 0 Å². The number of imide groups is 1. The van der Waals surface area contributed by atoms with Crippen LogP contribution in [0.4, 0.5) is 4.39 Å². The van der Waals surface area contributed by atoms with Crippen LogP contribution in [0.3, 0.4) is 0 Å². The molecule has 2 aliphatic heterocycles. The van der Waals surface area contributed by atoms with Crippen LogP contribution in [0.5, 0.6) is 0 Å². The third-order valence-corrected chi connectivity index (χ3v) is 6.70. The normalized spacial score (nSPS) is 21.8. The van der Waals surface area contributed by atoms with Gasteiger partial charge in [-0.25, -0.2) is 4.39 Å². The predicted octanol–water partition coefficient (Wildman–Crippen LogP) is 2.36. The molecule has 174 valence electrons. The van der Waals surface area contributed by atoms with E-state index in [-0.39, 0.29) is 31.2 Å². The van der Waals surface area contributed by atoms with E-state index in [4.69, 9.17) is 0 Å². The second-order valence-corrected chi connectivity index (χ2v) is 9.10. The molecule has 33 heavy (non-hydrogen) atoms. The first-order valence-corrected chi connectivity index (χ1v) is 11.3. The molecule has 0 unspecified atom stereocenters. The van der Waals surface area contributed by atoms with Crippen molar-refractivity contribution in [1.29, 1.82) is 0 Å². The molecular weight excluding hydrogens is 423 g/mol. The second kappa shape index (κ2) is 9.39. The van der Waals surface area contributed by atoms with Gasteiger partial charge in [-0.3, -0.25) is 29.2 Å². The van der Waals surface area contributed by atoms with Crippen molar-refractivity contribution in [2.24, 2.45) is 0 Å². The Hall–Kier alpha value is -3.13. The van der Waals surface area contributed by atoms with E-state index in [9.17, 15) is 18.8 Å². The van der Waals surface area contributed by atoms with Crippen LogP contribution in [-0.2, 0) is 26.3 Å². The Morgan fingerprint density at radius 1 is 1.12 bits per heavy atom. The molecule has 0 saturated carbocycles. The van der Waals surface area contributed by atoms with E-state index in [1.165, 1.54) is 23.1 Å². The molecule has 0 spiro atoms. The van der Waals surface area contributed by atoms with Crippen LogP contribution < -0.4 is 0 Å². The van der Waals surface area contributed by atoms with Gasteiger partial charge in [0.15, 0.2) is 0 Å². The zero-order valence-corrected chi connectivity index (χ0v) is 19.0. The fourth-order valence-electron chi connectivity index (χ4n) is 4.74. The van der Waals surface area contributed by atoms with Crippen molar-refractivity contribution in [3.8, 4) is 0 Å². The van der Waals surface area contributed by atoms with Crippen LogP contribution in [-0.4, -0.2) is 69.6 Å². The number of nitrogens with zero attached hydrogens (tertiary/aromatic N) is 4. The molecule has 0 radical (unpaired) electrons. The lowest BCUT2D eigenvalue weighted by Gasteiger charge is -2.38. The Kier molecular flexibility index (Phi) is 6.56. The predicted molar refractivity (Wildman–Crippen MR) is 120 cm³/mol. The Balaban J connectivity index is 1.61. The number of amides is 3.